The number of aromatic amines is 1. The summed E-state index contributed by atoms with van der Waals surface area (Å²) in [7, 11) is 1.66. The molecule has 0 saturated carbocycles. The van der Waals surface area contributed by atoms with E-state index in [0.29, 0.717) is 18.4 Å². The first kappa shape index (κ1) is 22.2. The number of ether oxygens (including phenoxy) is 2. The molecule has 1 unspecified atom stereocenters. The maximum atomic E-state index is 13.3. The van der Waals surface area contributed by atoms with Crippen LogP contribution in [-0.4, -0.2) is 48.0 Å². The number of carbonyl (C=O) groups excluding carboxylic acids is 1. The molecule has 0 radical (unpaired) electrons. The Morgan fingerprint density at radius 3 is 2.63 bits per heavy atom. The molecule has 2 aromatic carbocycles. The molecule has 3 aromatic rings. The average Bonchev–Trinajstić information content (AvgIpc) is 3.11. The van der Waals surface area contributed by atoms with E-state index in [1.165, 1.54) is 11.8 Å². The highest BCUT2D eigenvalue weighted by Gasteiger charge is 2.25. The fourth-order valence-corrected chi connectivity index (χ4v) is 4.33. The second-order valence-corrected chi connectivity index (χ2v) is 8.22. The summed E-state index contributed by atoms with van der Waals surface area (Å²) in [5.74, 6) is 1.10. The number of para-hydroxylation sites is 1. The van der Waals surface area contributed by atoms with E-state index in [9.17, 15) is 4.79 Å². The summed E-state index contributed by atoms with van der Waals surface area (Å²) in [6.07, 6.45) is 0. The van der Waals surface area contributed by atoms with Crippen molar-refractivity contribution in [3.63, 3.8) is 0 Å². The van der Waals surface area contributed by atoms with E-state index in [2.05, 4.69) is 9.97 Å². The third-order valence-corrected chi connectivity index (χ3v) is 5.73. The van der Waals surface area contributed by atoms with Crippen LogP contribution in [-0.2, 0) is 9.53 Å². The van der Waals surface area contributed by atoms with E-state index in [1.807, 2.05) is 69.0 Å². The largest absolute Gasteiger partial charge is 0.494 e. The molecule has 1 aromatic heterocycles. The number of nitrogens with zero attached hydrogens (tertiary/aromatic N) is 2. The van der Waals surface area contributed by atoms with Gasteiger partial charge in [0.15, 0.2) is 5.16 Å². The molecule has 0 aliphatic heterocycles. The Labute approximate surface area is 182 Å². The third kappa shape index (κ3) is 4.96. The number of benzene rings is 2. The number of imidazole rings is 1. The molecule has 3 rings (SSSR count). The highest BCUT2D eigenvalue weighted by atomic mass is 32.2. The van der Waals surface area contributed by atoms with Crippen molar-refractivity contribution >= 4 is 34.4 Å². The highest BCUT2D eigenvalue weighted by Crippen LogP contribution is 2.29. The van der Waals surface area contributed by atoms with Gasteiger partial charge < -0.3 is 19.4 Å². The zero-order valence-corrected chi connectivity index (χ0v) is 19.0. The molecular weight excluding hydrogens is 398 g/mol. The molecule has 1 N–H and O–H groups in total. The fraction of sp³-hybridized carbons (Fsp3) is 0.391. The van der Waals surface area contributed by atoms with Crippen LogP contribution in [0.1, 0.15) is 25.0 Å². The maximum Gasteiger partial charge on any atom is 0.237 e. The fourth-order valence-electron chi connectivity index (χ4n) is 3.58. The summed E-state index contributed by atoms with van der Waals surface area (Å²) >= 11 is 1.40. The van der Waals surface area contributed by atoms with Crippen LogP contribution in [0.3, 0.4) is 0 Å². The van der Waals surface area contributed by atoms with E-state index in [-0.39, 0.29) is 17.7 Å². The molecule has 1 heterocycles. The van der Waals surface area contributed by atoms with Crippen LogP contribution in [0.25, 0.3) is 11.0 Å². The molecule has 1 amide bonds. The minimum atomic E-state index is -0.0766. The Balaban J connectivity index is 1.80. The van der Waals surface area contributed by atoms with E-state index < -0.39 is 0 Å². The molecular formula is C23H29N3O3S. The number of rotatable bonds is 9. The number of aromatic nitrogens is 2. The second-order valence-electron chi connectivity index (χ2n) is 7.25. The number of hydrogen-bond donors (Lipinski definition) is 1. The monoisotopic (exact) mass is 427 g/mol. The molecule has 0 aliphatic rings. The lowest BCUT2D eigenvalue weighted by Crippen LogP contribution is -2.43. The van der Waals surface area contributed by atoms with Crippen LogP contribution in [0.15, 0.2) is 41.6 Å². The number of carbonyl (C=O) groups is 1. The molecule has 0 bridgehead atoms. The number of aryl methyl sites for hydroxylation is 2. The van der Waals surface area contributed by atoms with E-state index in [0.717, 1.165) is 33.6 Å². The summed E-state index contributed by atoms with van der Waals surface area (Å²) in [5, 5.41) is 0.716. The number of anilines is 1. The van der Waals surface area contributed by atoms with Gasteiger partial charge in [-0.2, -0.15) is 0 Å². The minimum absolute atomic E-state index is 0.0254. The molecule has 0 spiro atoms. The van der Waals surface area contributed by atoms with Gasteiger partial charge in [-0.05, 0) is 51.0 Å². The lowest BCUT2D eigenvalue weighted by atomic mass is 10.1. The van der Waals surface area contributed by atoms with Crippen molar-refractivity contribution in [2.75, 3.05) is 31.0 Å². The maximum absolute atomic E-state index is 13.3. The standard InChI is InChI=1S/C23H29N3O3S/c1-6-29-18-10-11-19-20(12-18)25-23(24-19)30-14-21(27)26(17(4)13-28-5)22-15(2)8-7-9-16(22)3/h7-12,17H,6,13-14H2,1-5H3,(H,24,25). The van der Waals surface area contributed by atoms with Gasteiger partial charge in [-0.1, -0.05) is 30.0 Å². The Morgan fingerprint density at radius 2 is 1.97 bits per heavy atom. The van der Waals surface area contributed by atoms with E-state index in [4.69, 9.17) is 9.47 Å². The van der Waals surface area contributed by atoms with Crippen LogP contribution in [0, 0.1) is 13.8 Å². The van der Waals surface area contributed by atoms with Gasteiger partial charge in [0.1, 0.15) is 5.75 Å². The first-order valence-electron chi connectivity index (χ1n) is 10.1. The number of fused-ring (bicyclic) bond motifs is 1. The van der Waals surface area contributed by atoms with Gasteiger partial charge in [0.25, 0.3) is 0 Å². The number of H-pyrrole nitrogens is 1. The van der Waals surface area contributed by atoms with Gasteiger partial charge in [-0.3, -0.25) is 4.79 Å². The molecule has 6 nitrogen and oxygen atoms in total. The van der Waals surface area contributed by atoms with Crippen LogP contribution in [0.5, 0.6) is 5.75 Å². The van der Waals surface area contributed by atoms with Crippen molar-refractivity contribution in [2.45, 2.75) is 38.9 Å². The summed E-state index contributed by atoms with van der Waals surface area (Å²) < 4.78 is 10.9. The summed E-state index contributed by atoms with van der Waals surface area (Å²) in [6.45, 7) is 9.11. The normalized spacial score (nSPS) is 12.2. The number of hydrogen-bond acceptors (Lipinski definition) is 5. The number of thioether (sulfide) groups is 1. The first-order valence-corrected chi connectivity index (χ1v) is 11.1. The number of methoxy groups -OCH3 is 1. The van der Waals surface area contributed by atoms with Crippen LogP contribution in [0.2, 0.25) is 0 Å². The van der Waals surface area contributed by atoms with Crippen molar-refractivity contribution in [1.29, 1.82) is 0 Å². The Morgan fingerprint density at radius 1 is 1.23 bits per heavy atom. The van der Waals surface area contributed by atoms with Gasteiger partial charge in [0.2, 0.25) is 5.91 Å². The zero-order chi connectivity index (χ0) is 21.7. The van der Waals surface area contributed by atoms with Gasteiger partial charge in [0, 0.05) is 18.9 Å². The molecule has 1 atom stereocenters. The van der Waals surface area contributed by atoms with Crippen molar-refractivity contribution < 1.29 is 14.3 Å². The van der Waals surface area contributed by atoms with Gasteiger partial charge in [0.05, 0.1) is 36.0 Å². The molecule has 7 heteroatoms. The summed E-state index contributed by atoms with van der Waals surface area (Å²) in [4.78, 5) is 23.0. The molecule has 30 heavy (non-hydrogen) atoms. The second kappa shape index (κ2) is 10.00. The first-order chi connectivity index (χ1) is 14.4. The van der Waals surface area contributed by atoms with Crippen LogP contribution >= 0.6 is 11.8 Å². The number of nitrogens with one attached hydrogen (secondary N) is 1. The van der Waals surface area contributed by atoms with Gasteiger partial charge in [-0.15, -0.1) is 0 Å². The number of amides is 1. The molecule has 0 saturated heterocycles. The smallest absolute Gasteiger partial charge is 0.237 e. The Bertz CT molecular complexity index is 998. The minimum Gasteiger partial charge on any atom is -0.494 e. The molecule has 0 fully saturated rings. The SMILES string of the molecule is CCOc1ccc2nc(SCC(=O)N(c3c(C)cccc3C)C(C)COC)[nH]c2c1. The quantitative estimate of drug-likeness (QED) is 0.500. The van der Waals surface area contributed by atoms with Gasteiger partial charge in [-0.25, -0.2) is 4.98 Å². The lowest BCUT2D eigenvalue weighted by Gasteiger charge is -2.31. The van der Waals surface area contributed by atoms with Crippen LogP contribution < -0.4 is 9.64 Å². The lowest BCUT2D eigenvalue weighted by molar-refractivity contribution is -0.116. The molecule has 160 valence electrons. The predicted molar refractivity (Wildman–Crippen MR) is 123 cm³/mol. The van der Waals surface area contributed by atoms with Crippen LogP contribution in [0.4, 0.5) is 5.69 Å². The molecule has 0 aliphatic carbocycles. The van der Waals surface area contributed by atoms with Crippen molar-refractivity contribution in [3.05, 3.63) is 47.5 Å². The van der Waals surface area contributed by atoms with E-state index in [1.54, 1.807) is 7.11 Å². The average molecular weight is 428 g/mol. The van der Waals surface area contributed by atoms with Crippen molar-refractivity contribution in [1.82, 2.24) is 9.97 Å². The third-order valence-electron chi connectivity index (χ3n) is 4.87. The van der Waals surface area contributed by atoms with Gasteiger partial charge >= 0.3 is 0 Å². The summed E-state index contributed by atoms with van der Waals surface area (Å²) in [5.41, 5.74) is 4.86. The predicted octanol–water partition coefficient (Wildman–Crippen LogP) is 4.74. The topological polar surface area (TPSA) is 67.4 Å². The Kier molecular flexibility index (Phi) is 7.39. The highest BCUT2D eigenvalue weighted by molar-refractivity contribution is 7.99. The Hall–Kier alpha value is -2.51. The van der Waals surface area contributed by atoms with E-state index >= 15 is 0 Å². The van der Waals surface area contributed by atoms with Crippen molar-refractivity contribution in [2.24, 2.45) is 0 Å². The zero-order valence-electron chi connectivity index (χ0n) is 18.2. The van der Waals surface area contributed by atoms with Crippen molar-refractivity contribution in [3.8, 4) is 5.75 Å². The summed E-state index contributed by atoms with van der Waals surface area (Å²) in [6, 6.07) is 11.8.